The minimum Gasteiger partial charge on any atom is -0.394 e. The van der Waals surface area contributed by atoms with Crippen LogP contribution in [-0.4, -0.2) is 53.7 Å². The van der Waals surface area contributed by atoms with Crippen LogP contribution in [0.3, 0.4) is 0 Å². The van der Waals surface area contributed by atoms with Crippen molar-refractivity contribution >= 4 is 22.7 Å². The normalized spacial score (nSPS) is 22.8. The first-order chi connectivity index (χ1) is 12.7. The second-order valence-corrected chi connectivity index (χ2v) is 6.14. The molecule has 0 aliphatic carbocycles. The largest absolute Gasteiger partial charge is 0.394 e. The summed E-state index contributed by atoms with van der Waals surface area (Å²) in [6, 6.07) is 7.36. The van der Waals surface area contributed by atoms with E-state index in [1.807, 2.05) is 24.3 Å². The molecule has 0 unspecified atom stereocenters. The van der Waals surface area contributed by atoms with Gasteiger partial charge >= 0.3 is 0 Å². The van der Waals surface area contributed by atoms with Crippen LogP contribution in [0, 0.1) is 0 Å². The molecule has 0 radical (unpaired) electrons. The fraction of sp³-hybridized carbons (Fsp3) is 0.353. The molecule has 1 aliphatic heterocycles. The molecule has 136 valence electrons. The molecule has 0 spiro atoms. The molecule has 1 aromatic carbocycles. The Morgan fingerprint density at radius 3 is 2.88 bits per heavy atom. The van der Waals surface area contributed by atoms with Crippen molar-refractivity contribution in [3.63, 3.8) is 0 Å². The van der Waals surface area contributed by atoms with Crippen molar-refractivity contribution in [2.75, 3.05) is 11.9 Å². The van der Waals surface area contributed by atoms with Crippen LogP contribution < -0.4 is 5.32 Å². The number of rotatable bonds is 5. The lowest BCUT2D eigenvalue weighted by Crippen LogP contribution is -2.24. The third kappa shape index (κ3) is 3.01. The topological polar surface area (TPSA) is 126 Å². The van der Waals surface area contributed by atoms with E-state index in [1.165, 1.54) is 6.33 Å². The number of anilines is 2. The molecule has 0 bridgehead atoms. The third-order valence-corrected chi connectivity index (χ3v) is 4.43. The van der Waals surface area contributed by atoms with Gasteiger partial charge in [-0.3, -0.25) is 4.57 Å². The Morgan fingerprint density at radius 2 is 2.12 bits per heavy atom. The highest BCUT2D eigenvalue weighted by molar-refractivity contribution is 5.85. The van der Waals surface area contributed by atoms with E-state index < -0.39 is 18.4 Å². The number of aliphatic hydroxyl groups excluding tert-OH is 3. The summed E-state index contributed by atoms with van der Waals surface area (Å²) < 4.78 is 7.41. The summed E-state index contributed by atoms with van der Waals surface area (Å²) in [4.78, 5) is 12.9. The first-order valence-corrected chi connectivity index (χ1v) is 8.28. The van der Waals surface area contributed by atoms with E-state index in [2.05, 4.69) is 20.3 Å². The fourth-order valence-electron chi connectivity index (χ4n) is 3.09. The van der Waals surface area contributed by atoms with Crippen LogP contribution in [0.2, 0.25) is 0 Å². The lowest BCUT2D eigenvalue weighted by Gasteiger charge is -2.13. The van der Waals surface area contributed by atoms with Gasteiger partial charge in [-0.05, 0) is 17.7 Å². The number of nitrogens with zero attached hydrogens (tertiary/aromatic N) is 4. The molecular weight excluding hydrogens is 338 g/mol. The molecule has 0 amide bonds. The summed E-state index contributed by atoms with van der Waals surface area (Å²) in [7, 11) is 0. The number of ether oxygens (including phenoxy) is 1. The first-order valence-electron chi connectivity index (χ1n) is 8.28. The Labute approximate surface area is 148 Å². The molecule has 4 rings (SSSR count). The Balaban J connectivity index is 1.65. The Hall–Kier alpha value is -2.59. The van der Waals surface area contributed by atoms with Crippen LogP contribution in [-0.2, 0) is 11.3 Å². The van der Waals surface area contributed by atoms with Gasteiger partial charge in [0, 0.05) is 12.1 Å². The second kappa shape index (κ2) is 6.96. The molecule has 1 fully saturated rings. The average Bonchev–Trinajstić information content (AvgIpc) is 3.25. The number of imidazole rings is 1. The fourth-order valence-corrected chi connectivity index (χ4v) is 3.09. The summed E-state index contributed by atoms with van der Waals surface area (Å²) in [6.45, 7) is -0.288. The van der Waals surface area contributed by atoms with Gasteiger partial charge in [0.15, 0.2) is 17.0 Å². The lowest BCUT2D eigenvalue weighted by atomic mass is 10.2. The predicted octanol–water partition coefficient (Wildman–Crippen LogP) is 0.703. The number of nitrogens with one attached hydrogen (secondary N) is 1. The molecule has 1 saturated heterocycles. The molecule has 26 heavy (non-hydrogen) atoms. The number of benzene rings is 1. The maximum atomic E-state index is 9.94. The molecule has 9 nitrogen and oxygen atoms in total. The van der Waals surface area contributed by atoms with Gasteiger partial charge in [0.2, 0.25) is 0 Å². The average molecular weight is 357 g/mol. The Kier molecular flexibility index (Phi) is 4.51. The summed E-state index contributed by atoms with van der Waals surface area (Å²) in [5.41, 5.74) is 2.69. The molecule has 1 aliphatic rings. The molecular formula is C17H19N5O4. The molecule has 2 aromatic heterocycles. The SMILES string of the molecule is OCc1cccc(Nc2ncnc3c2ncn3[C@H]2C[C@H](O)[C@@H](CO)O2)c1. The monoisotopic (exact) mass is 357 g/mol. The van der Waals surface area contributed by atoms with Crippen LogP contribution in [0.1, 0.15) is 18.2 Å². The van der Waals surface area contributed by atoms with E-state index >= 15 is 0 Å². The first kappa shape index (κ1) is 16.9. The second-order valence-electron chi connectivity index (χ2n) is 6.14. The highest BCUT2D eigenvalue weighted by Crippen LogP contribution is 2.32. The van der Waals surface area contributed by atoms with E-state index in [4.69, 9.17) is 4.74 Å². The maximum Gasteiger partial charge on any atom is 0.167 e. The standard InChI is InChI=1S/C17H19N5O4/c23-6-10-2-1-3-11(4-10)21-16-15-17(19-8-18-16)22(9-20-15)14-5-12(25)13(7-24)26-14/h1-4,8-9,12-14,23-25H,5-7H2,(H,18,19,21)/t12-,13+,14+/m0/s1. The van der Waals surface area contributed by atoms with Crippen molar-refractivity contribution in [1.82, 2.24) is 19.5 Å². The van der Waals surface area contributed by atoms with E-state index in [0.29, 0.717) is 23.4 Å². The highest BCUT2D eigenvalue weighted by Gasteiger charge is 2.35. The lowest BCUT2D eigenvalue weighted by molar-refractivity contribution is -0.0432. The van der Waals surface area contributed by atoms with Gasteiger partial charge < -0.3 is 25.4 Å². The summed E-state index contributed by atoms with van der Waals surface area (Å²) in [5, 5.41) is 31.6. The molecule has 3 atom stereocenters. The maximum absolute atomic E-state index is 9.94. The van der Waals surface area contributed by atoms with Crippen molar-refractivity contribution in [2.45, 2.75) is 31.5 Å². The predicted molar refractivity (Wildman–Crippen MR) is 92.6 cm³/mol. The Bertz CT molecular complexity index is 915. The third-order valence-electron chi connectivity index (χ3n) is 4.43. The molecule has 4 N–H and O–H groups in total. The van der Waals surface area contributed by atoms with Crippen LogP contribution in [0.4, 0.5) is 11.5 Å². The number of fused-ring (bicyclic) bond motifs is 1. The van der Waals surface area contributed by atoms with Gasteiger partial charge in [-0.2, -0.15) is 0 Å². The number of aromatic nitrogens is 4. The van der Waals surface area contributed by atoms with Crippen LogP contribution in [0.25, 0.3) is 11.2 Å². The van der Waals surface area contributed by atoms with E-state index in [1.54, 1.807) is 10.9 Å². The zero-order chi connectivity index (χ0) is 18.1. The van der Waals surface area contributed by atoms with E-state index in [0.717, 1.165) is 11.3 Å². The van der Waals surface area contributed by atoms with Crippen LogP contribution in [0.15, 0.2) is 36.9 Å². The molecule has 3 aromatic rings. The van der Waals surface area contributed by atoms with Gasteiger partial charge in [-0.15, -0.1) is 0 Å². The minimum atomic E-state index is -0.733. The minimum absolute atomic E-state index is 0.0449. The quantitative estimate of drug-likeness (QED) is 0.526. The van der Waals surface area contributed by atoms with E-state index in [9.17, 15) is 15.3 Å². The van der Waals surface area contributed by atoms with Gasteiger partial charge in [0.25, 0.3) is 0 Å². The van der Waals surface area contributed by atoms with Gasteiger partial charge in [0.1, 0.15) is 18.7 Å². The highest BCUT2D eigenvalue weighted by atomic mass is 16.5. The summed E-state index contributed by atoms with van der Waals surface area (Å²) >= 11 is 0. The van der Waals surface area contributed by atoms with Crippen molar-refractivity contribution in [3.8, 4) is 0 Å². The molecule has 3 heterocycles. The van der Waals surface area contributed by atoms with Crippen LogP contribution in [0.5, 0.6) is 0 Å². The zero-order valence-corrected chi connectivity index (χ0v) is 13.9. The zero-order valence-electron chi connectivity index (χ0n) is 13.9. The number of hydrogen-bond acceptors (Lipinski definition) is 8. The summed E-state index contributed by atoms with van der Waals surface area (Å²) in [6.07, 6.45) is 1.57. The van der Waals surface area contributed by atoms with Gasteiger partial charge in [-0.25, -0.2) is 15.0 Å². The van der Waals surface area contributed by atoms with E-state index in [-0.39, 0.29) is 13.2 Å². The summed E-state index contributed by atoms with van der Waals surface area (Å²) in [5.74, 6) is 0.529. The van der Waals surface area contributed by atoms with Crippen molar-refractivity contribution < 1.29 is 20.1 Å². The number of hydrogen-bond donors (Lipinski definition) is 4. The van der Waals surface area contributed by atoms with Crippen molar-refractivity contribution in [1.29, 1.82) is 0 Å². The van der Waals surface area contributed by atoms with Gasteiger partial charge in [0.05, 0.1) is 25.6 Å². The number of aliphatic hydroxyl groups is 3. The van der Waals surface area contributed by atoms with Gasteiger partial charge in [-0.1, -0.05) is 12.1 Å². The van der Waals surface area contributed by atoms with Crippen LogP contribution >= 0.6 is 0 Å². The smallest absolute Gasteiger partial charge is 0.167 e. The Morgan fingerprint density at radius 1 is 1.23 bits per heavy atom. The van der Waals surface area contributed by atoms with Crippen molar-refractivity contribution in [3.05, 3.63) is 42.5 Å². The molecule has 0 saturated carbocycles. The molecule has 9 heteroatoms. The van der Waals surface area contributed by atoms with Crippen molar-refractivity contribution in [2.24, 2.45) is 0 Å².